The Morgan fingerprint density at radius 2 is 2.05 bits per heavy atom. The van der Waals surface area contributed by atoms with Crippen LogP contribution in [0, 0.1) is 0 Å². The van der Waals surface area contributed by atoms with Gasteiger partial charge in [-0.1, -0.05) is 6.07 Å². The molecule has 0 bridgehead atoms. The summed E-state index contributed by atoms with van der Waals surface area (Å²) >= 11 is 0. The summed E-state index contributed by atoms with van der Waals surface area (Å²) in [4.78, 5) is 20.4. The molecule has 5 heteroatoms. The maximum absolute atomic E-state index is 12.1. The molecule has 0 aromatic carbocycles. The predicted molar refractivity (Wildman–Crippen MR) is 74.4 cm³/mol. The van der Waals surface area contributed by atoms with Crippen LogP contribution in [0.3, 0.4) is 0 Å². The molecule has 5 nitrogen and oxygen atoms in total. The summed E-state index contributed by atoms with van der Waals surface area (Å²) in [6, 6.07) is 4.03. The van der Waals surface area contributed by atoms with E-state index in [0.29, 0.717) is 0 Å². The van der Waals surface area contributed by atoms with Gasteiger partial charge in [0, 0.05) is 45.1 Å². The van der Waals surface area contributed by atoms with E-state index in [4.69, 9.17) is 5.73 Å². The number of hydrogen-bond acceptors (Lipinski definition) is 4. The highest BCUT2D eigenvalue weighted by Crippen LogP contribution is 2.11. The van der Waals surface area contributed by atoms with Gasteiger partial charge in [-0.25, -0.2) is 0 Å². The Morgan fingerprint density at radius 1 is 1.37 bits per heavy atom. The average Bonchev–Trinajstić information content (AvgIpc) is 2.39. The first-order valence-electron chi connectivity index (χ1n) is 6.66. The van der Waals surface area contributed by atoms with E-state index < -0.39 is 5.54 Å². The third-order valence-corrected chi connectivity index (χ3v) is 3.34. The molecule has 1 saturated heterocycles. The van der Waals surface area contributed by atoms with Crippen LogP contribution in [0.1, 0.15) is 19.4 Å². The topological polar surface area (TPSA) is 62.5 Å². The highest BCUT2D eigenvalue weighted by atomic mass is 16.2. The number of amides is 1. The van der Waals surface area contributed by atoms with E-state index in [-0.39, 0.29) is 5.91 Å². The molecule has 104 valence electrons. The second-order valence-corrected chi connectivity index (χ2v) is 5.65. The lowest BCUT2D eigenvalue weighted by Crippen LogP contribution is -2.56. The van der Waals surface area contributed by atoms with Gasteiger partial charge in [0.05, 0.1) is 5.54 Å². The third-order valence-electron chi connectivity index (χ3n) is 3.34. The fourth-order valence-corrected chi connectivity index (χ4v) is 2.27. The third kappa shape index (κ3) is 3.75. The number of pyridine rings is 1. The summed E-state index contributed by atoms with van der Waals surface area (Å²) in [5.41, 5.74) is 6.29. The summed E-state index contributed by atoms with van der Waals surface area (Å²) in [6.07, 6.45) is 3.67. The number of nitrogens with zero attached hydrogens (tertiary/aromatic N) is 3. The van der Waals surface area contributed by atoms with Crippen LogP contribution in [0.25, 0.3) is 0 Å². The van der Waals surface area contributed by atoms with Crippen molar-refractivity contribution in [3.05, 3.63) is 30.1 Å². The van der Waals surface area contributed by atoms with Crippen molar-refractivity contribution in [1.29, 1.82) is 0 Å². The van der Waals surface area contributed by atoms with E-state index in [9.17, 15) is 4.79 Å². The molecule has 0 atom stereocenters. The monoisotopic (exact) mass is 262 g/mol. The van der Waals surface area contributed by atoms with Crippen LogP contribution in [0.5, 0.6) is 0 Å². The van der Waals surface area contributed by atoms with Crippen molar-refractivity contribution < 1.29 is 4.79 Å². The van der Waals surface area contributed by atoms with E-state index in [1.54, 1.807) is 20.0 Å². The quantitative estimate of drug-likeness (QED) is 0.860. The van der Waals surface area contributed by atoms with Crippen molar-refractivity contribution in [3.8, 4) is 0 Å². The Balaban J connectivity index is 1.85. The lowest BCUT2D eigenvalue weighted by atomic mass is 10.0. The fraction of sp³-hybridized carbons (Fsp3) is 0.571. The van der Waals surface area contributed by atoms with Gasteiger partial charge in [-0.05, 0) is 25.5 Å². The van der Waals surface area contributed by atoms with Crippen LogP contribution in [-0.2, 0) is 11.3 Å². The van der Waals surface area contributed by atoms with Gasteiger partial charge in [0.15, 0.2) is 0 Å². The zero-order valence-corrected chi connectivity index (χ0v) is 11.7. The molecular weight excluding hydrogens is 240 g/mol. The highest BCUT2D eigenvalue weighted by Gasteiger charge is 2.30. The van der Waals surface area contributed by atoms with Crippen LogP contribution in [0.2, 0.25) is 0 Å². The average molecular weight is 262 g/mol. The predicted octanol–water partition coefficient (Wildman–Crippen LogP) is 0.463. The standard InChI is InChI=1S/C14H22N4O/c1-14(2,15)13(19)18-8-6-17(7-9-18)11-12-4-3-5-16-10-12/h3-5,10H,6-9,11,15H2,1-2H3. The second-order valence-electron chi connectivity index (χ2n) is 5.65. The van der Waals surface area contributed by atoms with Crippen molar-refractivity contribution in [3.63, 3.8) is 0 Å². The van der Waals surface area contributed by atoms with E-state index in [1.165, 1.54) is 5.56 Å². The Labute approximate surface area is 114 Å². The molecule has 0 radical (unpaired) electrons. The van der Waals surface area contributed by atoms with Gasteiger partial charge in [0.1, 0.15) is 0 Å². The van der Waals surface area contributed by atoms with Crippen LogP contribution in [0.4, 0.5) is 0 Å². The van der Waals surface area contributed by atoms with Gasteiger partial charge in [0.25, 0.3) is 0 Å². The molecule has 2 N–H and O–H groups in total. The summed E-state index contributed by atoms with van der Waals surface area (Å²) < 4.78 is 0. The first kappa shape index (κ1) is 14.0. The van der Waals surface area contributed by atoms with E-state index in [2.05, 4.69) is 16.0 Å². The van der Waals surface area contributed by atoms with Crippen molar-refractivity contribution in [1.82, 2.24) is 14.8 Å². The zero-order valence-electron chi connectivity index (χ0n) is 11.7. The summed E-state index contributed by atoms with van der Waals surface area (Å²) in [7, 11) is 0. The minimum Gasteiger partial charge on any atom is -0.339 e. The van der Waals surface area contributed by atoms with E-state index >= 15 is 0 Å². The number of rotatable bonds is 3. The summed E-state index contributed by atoms with van der Waals surface area (Å²) in [5.74, 6) is 0.0357. The molecule has 2 heterocycles. The molecule has 19 heavy (non-hydrogen) atoms. The first-order valence-corrected chi connectivity index (χ1v) is 6.66. The van der Waals surface area contributed by atoms with E-state index in [1.807, 2.05) is 17.2 Å². The Hall–Kier alpha value is -1.46. The smallest absolute Gasteiger partial charge is 0.242 e. The van der Waals surface area contributed by atoms with Crippen molar-refractivity contribution in [2.45, 2.75) is 25.9 Å². The van der Waals surface area contributed by atoms with Gasteiger partial charge in [0.2, 0.25) is 5.91 Å². The number of hydrogen-bond donors (Lipinski definition) is 1. The minimum atomic E-state index is -0.772. The Morgan fingerprint density at radius 3 is 2.58 bits per heavy atom. The molecule has 1 amide bonds. The van der Waals surface area contributed by atoms with Gasteiger partial charge < -0.3 is 10.6 Å². The van der Waals surface area contributed by atoms with Crippen molar-refractivity contribution >= 4 is 5.91 Å². The number of piperazine rings is 1. The minimum absolute atomic E-state index is 0.0357. The molecule has 0 spiro atoms. The maximum atomic E-state index is 12.1. The Bertz CT molecular complexity index is 419. The number of carbonyl (C=O) groups excluding carboxylic acids is 1. The Kier molecular flexibility index (Phi) is 4.17. The molecule has 1 aromatic rings. The molecule has 0 saturated carbocycles. The molecule has 1 fully saturated rings. The molecule has 1 aromatic heterocycles. The van der Waals surface area contributed by atoms with Gasteiger partial charge in [-0.3, -0.25) is 14.7 Å². The van der Waals surface area contributed by atoms with Crippen LogP contribution < -0.4 is 5.73 Å². The van der Waals surface area contributed by atoms with Crippen LogP contribution in [0.15, 0.2) is 24.5 Å². The summed E-state index contributed by atoms with van der Waals surface area (Å²) in [6.45, 7) is 7.68. The maximum Gasteiger partial charge on any atom is 0.242 e. The summed E-state index contributed by atoms with van der Waals surface area (Å²) in [5, 5.41) is 0. The van der Waals surface area contributed by atoms with Gasteiger partial charge in [-0.2, -0.15) is 0 Å². The SMILES string of the molecule is CC(C)(N)C(=O)N1CCN(Cc2cccnc2)CC1. The van der Waals surface area contributed by atoms with Gasteiger partial charge >= 0.3 is 0 Å². The fourth-order valence-electron chi connectivity index (χ4n) is 2.27. The molecular formula is C14H22N4O. The highest BCUT2D eigenvalue weighted by molar-refractivity contribution is 5.85. The first-order chi connectivity index (χ1) is 8.97. The second kappa shape index (κ2) is 5.67. The lowest BCUT2D eigenvalue weighted by molar-refractivity contribution is -0.137. The molecule has 1 aliphatic rings. The van der Waals surface area contributed by atoms with Crippen molar-refractivity contribution in [2.75, 3.05) is 26.2 Å². The van der Waals surface area contributed by atoms with Crippen molar-refractivity contribution in [2.24, 2.45) is 5.73 Å². The molecule has 0 aliphatic carbocycles. The normalized spacial score (nSPS) is 17.5. The molecule has 1 aliphatic heterocycles. The molecule has 0 unspecified atom stereocenters. The molecule has 2 rings (SSSR count). The van der Waals surface area contributed by atoms with E-state index in [0.717, 1.165) is 32.7 Å². The lowest BCUT2D eigenvalue weighted by Gasteiger charge is -2.37. The van der Waals surface area contributed by atoms with Gasteiger partial charge in [-0.15, -0.1) is 0 Å². The zero-order chi connectivity index (χ0) is 13.9. The van der Waals surface area contributed by atoms with Crippen LogP contribution >= 0.6 is 0 Å². The largest absolute Gasteiger partial charge is 0.339 e. The number of carbonyl (C=O) groups is 1. The number of nitrogens with two attached hydrogens (primary N) is 1. The van der Waals surface area contributed by atoms with Crippen LogP contribution in [-0.4, -0.2) is 52.4 Å². The number of aromatic nitrogens is 1.